The summed E-state index contributed by atoms with van der Waals surface area (Å²) in [6, 6.07) is -2.01. The number of hydrogen-bond acceptors (Lipinski definition) is 6. The summed E-state index contributed by atoms with van der Waals surface area (Å²) in [7, 11) is 0. The van der Waals surface area contributed by atoms with Gasteiger partial charge in [0.15, 0.2) is 6.04 Å². The maximum Gasteiger partial charge on any atom is 0.411 e. The van der Waals surface area contributed by atoms with Gasteiger partial charge < -0.3 is 19.7 Å². The van der Waals surface area contributed by atoms with E-state index < -0.39 is 12.2 Å². The third kappa shape index (κ3) is 4.88. The fourth-order valence-corrected chi connectivity index (χ4v) is 4.59. The van der Waals surface area contributed by atoms with Crippen molar-refractivity contribution >= 4 is 11.9 Å². The summed E-state index contributed by atoms with van der Waals surface area (Å²) < 4.78 is 52.5. The van der Waals surface area contributed by atoms with E-state index >= 15 is 0 Å². The van der Waals surface area contributed by atoms with Crippen molar-refractivity contribution in [3.05, 3.63) is 6.33 Å². The van der Waals surface area contributed by atoms with Crippen LogP contribution in [0.3, 0.4) is 0 Å². The van der Waals surface area contributed by atoms with Crippen molar-refractivity contribution in [2.24, 2.45) is 5.92 Å². The number of carbonyl (C=O) groups is 1. The predicted octanol–water partition coefficient (Wildman–Crippen LogP) is 2.39. The second-order valence-corrected chi connectivity index (χ2v) is 8.29. The number of ether oxygens (including phenoxy) is 2. The Bertz CT molecular complexity index is 715. The minimum absolute atomic E-state index is 0.0193. The number of carbonyl (C=O) groups excluding carboxylic acids is 1. The summed E-state index contributed by atoms with van der Waals surface area (Å²) in [4.78, 5) is 18.1. The number of halogens is 3. The fraction of sp³-hybridized carbons (Fsp3) is 0.842. The van der Waals surface area contributed by atoms with Crippen LogP contribution >= 0.6 is 0 Å². The minimum Gasteiger partial charge on any atom is -0.376 e. The highest BCUT2D eigenvalue weighted by atomic mass is 19.4. The summed E-state index contributed by atoms with van der Waals surface area (Å²) in [5, 5.41) is 6.84. The van der Waals surface area contributed by atoms with Crippen molar-refractivity contribution in [3.63, 3.8) is 0 Å². The Morgan fingerprint density at radius 3 is 2.77 bits per heavy atom. The van der Waals surface area contributed by atoms with Crippen LogP contribution in [0.4, 0.5) is 19.1 Å². The van der Waals surface area contributed by atoms with Gasteiger partial charge in [0.2, 0.25) is 11.9 Å². The number of hydrogen-bond donors (Lipinski definition) is 1. The first-order valence-corrected chi connectivity index (χ1v) is 10.6. The lowest BCUT2D eigenvalue weighted by Crippen LogP contribution is -2.48. The van der Waals surface area contributed by atoms with E-state index in [9.17, 15) is 18.0 Å². The second-order valence-electron chi connectivity index (χ2n) is 8.29. The molecule has 30 heavy (non-hydrogen) atoms. The quantitative estimate of drug-likeness (QED) is 0.771. The Kier molecular flexibility index (Phi) is 6.47. The number of nitrogens with zero attached hydrogens (tertiary/aromatic N) is 4. The Balaban J connectivity index is 1.25. The van der Waals surface area contributed by atoms with Crippen LogP contribution in [-0.4, -0.2) is 76.8 Å². The van der Waals surface area contributed by atoms with E-state index in [1.165, 1.54) is 0 Å². The third-order valence-corrected chi connectivity index (χ3v) is 6.30. The average molecular weight is 431 g/mol. The predicted molar refractivity (Wildman–Crippen MR) is 101 cm³/mol. The lowest BCUT2D eigenvalue weighted by Gasteiger charge is -2.40. The SMILES string of the molecule is O=C(COC[C@H]1CCCCO1)N1CCC([C@@H]2C[C@H](C(F)(F)F)n3ncnc3N2)CC1. The maximum absolute atomic E-state index is 13.5. The van der Waals surface area contributed by atoms with Gasteiger partial charge >= 0.3 is 6.18 Å². The highest BCUT2D eigenvalue weighted by Gasteiger charge is 2.48. The van der Waals surface area contributed by atoms with Crippen molar-refractivity contribution in [1.29, 1.82) is 0 Å². The van der Waals surface area contributed by atoms with E-state index in [1.54, 1.807) is 4.90 Å². The van der Waals surface area contributed by atoms with Crippen LogP contribution in [0.15, 0.2) is 6.33 Å². The lowest BCUT2D eigenvalue weighted by atomic mass is 9.85. The molecular weight excluding hydrogens is 403 g/mol. The van der Waals surface area contributed by atoms with E-state index in [1.807, 2.05) is 0 Å². The van der Waals surface area contributed by atoms with E-state index in [-0.39, 0.29) is 42.9 Å². The molecule has 4 rings (SSSR count). The molecule has 0 unspecified atom stereocenters. The Morgan fingerprint density at radius 2 is 2.07 bits per heavy atom. The molecule has 0 spiro atoms. The molecular formula is C19H28F3N5O3. The smallest absolute Gasteiger partial charge is 0.376 e. The highest BCUT2D eigenvalue weighted by molar-refractivity contribution is 5.77. The minimum atomic E-state index is -4.38. The molecule has 168 valence electrons. The zero-order valence-corrected chi connectivity index (χ0v) is 16.8. The molecule has 4 heterocycles. The number of likely N-dealkylation sites (tertiary alicyclic amines) is 1. The average Bonchev–Trinajstić information content (AvgIpc) is 3.22. The number of fused-ring (bicyclic) bond motifs is 1. The molecule has 8 nitrogen and oxygen atoms in total. The number of aromatic nitrogens is 3. The van der Waals surface area contributed by atoms with Gasteiger partial charge in [-0.1, -0.05) is 0 Å². The first kappa shape index (κ1) is 21.4. The summed E-state index contributed by atoms with van der Waals surface area (Å²) in [5.41, 5.74) is 0. The van der Waals surface area contributed by atoms with Gasteiger partial charge in [-0.25, -0.2) is 4.68 Å². The Labute approximate surface area is 173 Å². The van der Waals surface area contributed by atoms with Crippen LogP contribution in [-0.2, 0) is 14.3 Å². The molecule has 1 aromatic rings. The van der Waals surface area contributed by atoms with Gasteiger partial charge in [-0.2, -0.15) is 23.3 Å². The lowest BCUT2D eigenvalue weighted by molar-refractivity contribution is -0.174. The van der Waals surface area contributed by atoms with E-state index in [0.29, 0.717) is 32.5 Å². The highest BCUT2D eigenvalue weighted by Crippen LogP contribution is 2.41. The number of rotatable bonds is 5. The van der Waals surface area contributed by atoms with Gasteiger partial charge in [0.1, 0.15) is 12.9 Å². The zero-order chi connectivity index (χ0) is 21.1. The van der Waals surface area contributed by atoms with Gasteiger partial charge in [0, 0.05) is 25.7 Å². The molecule has 3 aliphatic rings. The molecule has 0 saturated carbocycles. The largest absolute Gasteiger partial charge is 0.411 e. The number of alkyl halides is 3. The molecule has 3 aliphatic heterocycles. The molecule has 2 saturated heterocycles. The summed E-state index contributed by atoms with van der Waals surface area (Å²) in [6.45, 7) is 2.23. The molecule has 2 fully saturated rings. The molecule has 0 aliphatic carbocycles. The number of amides is 1. The number of piperidine rings is 1. The molecule has 1 N–H and O–H groups in total. The van der Waals surface area contributed by atoms with Crippen LogP contribution < -0.4 is 5.32 Å². The van der Waals surface area contributed by atoms with Gasteiger partial charge in [0.25, 0.3) is 0 Å². The van der Waals surface area contributed by atoms with Crippen molar-refractivity contribution < 1.29 is 27.4 Å². The third-order valence-electron chi connectivity index (χ3n) is 6.30. The van der Waals surface area contributed by atoms with Gasteiger partial charge in [0.05, 0.1) is 12.7 Å². The molecule has 1 amide bonds. The van der Waals surface area contributed by atoms with E-state index in [0.717, 1.165) is 36.9 Å². The van der Waals surface area contributed by atoms with Crippen molar-refractivity contribution in [2.75, 3.05) is 38.2 Å². The molecule has 3 atom stereocenters. The summed E-state index contributed by atoms with van der Waals surface area (Å²) in [6.07, 6.45) is 1.20. The Hall–Kier alpha value is -1.88. The van der Waals surface area contributed by atoms with Crippen LogP contribution in [0.25, 0.3) is 0 Å². The van der Waals surface area contributed by atoms with Crippen LogP contribution in [0, 0.1) is 5.92 Å². The molecule has 11 heteroatoms. The zero-order valence-electron chi connectivity index (χ0n) is 16.8. The Morgan fingerprint density at radius 1 is 1.27 bits per heavy atom. The van der Waals surface area contributed by atoms with Crippen molar-refractivity contribution in [1.82, 2.24) is 19.7 Å². The van der Waals surface area contributed by atoms with Crippen molar-refractivity contribution in [3.8, 4) is 0 Å². The molecule has 0 aromatic carbocycles. The normalized spacial score (nSPS) is 28.1. The first-order valence-electron chi connectivity index (χ1n) is 10.6. The monoisotopic (exact) mass is 431 g/mol. The van der Waals surface area contributed by atoms with Crippen LogP contribution in [0.1, 0.15) is 44.6 Å². The molecule has 0 bridgehead atoms. The summed E-state index contributed by atoms with van der Waals surface area (Å²) >= 11 is 0. The molecule has 1 aromatic heterocycles. The first-order chi connectivity index (χ1) is 14.4. The van der Waals surface area contributed by atoms with Gasteiger partial charge in [-0.15, -0.1) is 0 Å². The number of nitrogens with one attached hydrogen (secondary N) is 1. The van der Waals surface area contributed by atoms with Gasteiger partial charge in [-0.05, 0) is 44.4 Å². The van der Waals surface area contributed by atoms with Gasteiger partial charge in [-0.3, -0.25) is 4.79 Å². The van der Waals surface area contributed by atoms with E-state index in [4.69, 9.17) is 9.47 Å². The number of anilines is 1. The van der Waals surface area contributed by atoms with Crippen LogP contribution in [0.5, 0.6) is 0 Å². The maximum atomic E-state index is 13.5. The van der Waals surface area contributed by atoms with E-state index in [2.05, 4.69) is 15.4 Å². The van der Waals surface area contributed by atoms with Crippen molar-refractivity contribution in [2.45, 2.75) is 62.9 Å². The fourth-order valence-electron chi connectivity index (χ4n) is 4.59. The van der Waals surface area contributed by atoms with Crippen LogP contribution in [0.2, 0.25) is 0 Å². The molecule has 0 radical (unpaired) electrons. The summed E-state index contributed by atoms with van der Waals surface area (Å²) in [5.74, 6) is 0.125. The standard InChI is InChI=1S/C19H28F3N5O3/c20-19(21,22)16-9-15(25-18-23-12-24-27(16)18)13-4-6-26(7-5-13)17(28)11-29-10-14-3-1-2-8-30-14/h12-16H,1-11H2,(H,23,24,25)/t14-,15+,16-/m1/s1. The topological polar surface area (TPSA) is 81.5 Å². The second kappa shape index (κ2) is 9.09.